The normalized spacial score (nSPS) is 11.6. The molecule has 1 N–H and O–H groups in total. The average molecular weight is 251 g/mol. The van der Waals surface area contributed by atoms with Gasteiger partial charge >= 0.3 is 0 Å². The lowest BCUT2D eigenvalue weighted by Gasteiger charge is -2.19. The highest BCUT2D eigenvalue weighted by atomic mass is 16.3. The summed E-state index contributed by atoms with van der Waals surface area (Å²) in [6, 6.07) is 0. The van der Waals surface area contributed by atoms with E-state index in [9.17, 15) is 0 Å². The second-order valence-electron chi connectivity index (χ2n) is 4.97. The molecule has 0 rings (SSSR count). The monoisotopic (exact) mass is 251 g/mol. The Kier molecular flexibility index (Phi) is 10.5. The van der Waals surface area contributed by atoms with Gasteiger partial charge in [-0.1, -0.05) is 33.3 Å². The molecule has 2 nitrogen and oxygen atoms in total. The van der Waals surface area contributed by atoms with Gasteiger partial charge in [-0.15, -0.1) is 5.73 Å². The molecule has 0 saturated carbocycles. The summed E-state index contributed by atoms with van der Waals surface area (Å²) in [7, 11) is 2.01. The van der Waals surface area contributed by atoms with Crippen LogP contribution in [0.2, 0.25) is 0 Å². The third-order valence-electron chi connectivity index (χ3n) is 3.07. The zero-order chi connectivity index (χ0) is 13.8. The first-order valence-electron chi connectivity index (χ1n) is 7.01. The van der Waals surface area contributed by atoms with Crippen LogP contribution in [0.4, 0.5) is 0 Å². The number of aliphatic hydroxyl groups excluding tert-OH is 1. The van der Waals surface area contributed by atoms with Crippen molar-refractivity contribution in [2.75, 3.05) is 20.2 Å². The number of nitrogens with zero attached hydrogens (tertiary/aromatic N) is 1. The number of hydrogen-bond donors (Lipinski definition) is 1. The minimum atomic E-state index is 0.239. The molecule has 0 heterocycles. The molecule has 104 valence electrons. The second-order valence-corrected chi connectivity index (χ2v) is 4.97. The van der Waals surface area contributed by atoms with Gasteiger partial charge < -0.3 is 10.0 Å². The molecule has 0 aromatic carbocycles. The highest BCUT2D eigenvalue weighted by Gasteiger charge is 1.99. The van der Waals surface area contributed by atoms with Crippen LogP contribution in [0.15, 0.2) is 30.2 Å². The van der Waals surface area contributed by atoms with Crippen LogP contribution in [0.25, 0.3) is 0 Å². The van der Waals surface area contributed by atoms with E-state index in [-0.39, 0.29) is 6.61 Å². The van der Waals surface area contributed by atoms with E-state index in [1.165, 1.54) is 12.8 Å². The lowest BCUT2D eigenvalue weighted by Crippen LogP contribution is -2.18. The van der Waals surface area contributed by atoms with Crippen molar-refractivity contribution in [2.45, 2.75) is 46.0 Å². The Morgan fingerprint density at radius 1 is 1.44 bits per heavy atom. The fourth-order valence-corrected chi connectivity index (χ4v) is 1.76. The van der Waals surface area contributed by atoms with Crippen LogP contribution < -0.4 is 0 Å². The van der Waals surface area contributed by atoms with Crippen molar-refractivity contribution >= 4 is 0 Å². The van der Waals surface area contributed by atoms with Crippen molar-refractivity contribution in [3.63, 3.8) is 0 Å². The molecule has 2 heteroatoms. The van der Waals surface area contributed by atoms with E-state index >= 15 is 0 Å². The minimum Gasteiger partial charge on any atom is -0.396 e. The van der Waals surface area contributed by atoms with Crippen LogP contribution in [0.1, 0.15) is 46.0 Å². The van der Waals surface area contributed by atoms with Crippen molar-refractivity contribution in [3.05, 3.63) is 30.2 Å². The molecule has 0 amide bonds. The van der Waals surface area contributed by atoms with Gasteiger partial charge in [-0.3, -0.25) is 0 Å². The Morgan fingerprint density at radius 3 is 2.78 bits per heavy atom. The first-order valence-corrected chi connectivity index (χ1v) is 7.01. The summed E-state index contributed by atoms with van der Waals surface area (Å²) in [5.74, 6) is 0.756. The van der Waals surface area contributed by atoms with Gasteiger partial charge in [-0.05, 0) is 30.9 Å². The molecule has 0 aliphatic heterocycles. The van der Waals surface area contributed by atoms with Crippen LogP contribution in [0, 0.1) is 5.92 Å². The molecular formula is C16H29NO. The molecule has 0 radical (unpaired) electrons. The maximum absolute atomic E-state index is 8.76. The molecular weight excluding hydrogens is 222 g/mol. The van der Waals surface area contributed by atoms with Gasteiger partial charge in [0.2, 0.25) is 0 Å². The molecule has 18 heavy (non-hydrogen) atoms. The van der Waals surface area contributed by atoms with E-state index in [0.717, 1.165) is 37.4 Å². The highest BCUT2D eigenvalue weighted by Crippen LogP contribution is 2.10. The van der Waals surface area contributed by atoms with Crippen LogP contribution in [0.3, 0.4) is 0 Å². The Bertz CT molecular complexity index is 277. The smallest absolute Gasteiger partial charge is 0.0447 e. The van der Waals surface area contributed by atoms with Gasteiger partial charge in [0.15, 0.2) is 0 Å². The maximum atomic E-state index is 8.76. The summed E-state index contributed by atoms with van der Waals surface area (Å²) < 4.78 is 0. The van der Waals surface area contributed by atoms with Crippen molar-refractivity contribution < 1.29 is 5.11 Å². The third-order valence-corrected chi connectivity index (χ3v) is 3.07. The second kappa shape index (κ2) is 11.1. The molecule has 0 spiro atoms. The Labute approximate surface area is 113 Å². The number of hydrogen-bond acceptors (Lipinski definition) is 2. The zero-order valence-corrected chi connectivity index (χ0v) is 12.3. The standard InChI is InChI=1S/C16H29NO/c1-5-10-15(2)11-7-6-8-12-16(3)17(4)13-9-14-18/h7-8,15,18H,3,5,9-14H2,1-2,4H3. The summed E-state index contributed by atoms with van der Waals surface area (Å²) in [5.41, 5.74) is 4.30. The highest BCUT2D eigenvalue weighted by molar-refractivity contribution is 5.01. The Balaban J connectivity index is 3.85. The van der Waals surface area contributed by atoms with E-state index in [2.05, 4.69) is 37.1 Å². The zero-order valence-electron chi connectivity index (χ0n) is 12.3. The summed E-state index contributed by atoms with van der Waals surface area (Å²) in [6.45, 7) is 9.63. The van der Waals surface area contributed by atoms with Gasteiger partial charge in [0, 0.05) is 32.3 Å². The van der Waals surface area contributed by atoms with Gasteiger partial charge in [-0.25, -0.2) is 0 Å². The Hall–Kier alpha value is -0.980. The van der Waals surface area contributed by atoms with Gasteiger partial charge in [0.25, 0.3) is 0 Å². The fraction of sp³-hybridized carbons (Fsp3) is 0.688. The lowest BCUT2D eigenvalue weighted by molar-refractivity contribution is 0.264. The topological polar surface area (TPSA) is 23.5 Å². The van der Waals surface area contributed by atoms with Gasteiger partial charge in [0.1, 0.15) is 0 Å². The van der Waals surface area contributed by atoms with Crippen LogP contribution in [-0.4, -0.2) is 30.2 Å². The summed E-state index contributed by atoms with van der Waals surface area (Å²) in [6.07, 6.45) is 9.44. The molecule has 0 bridgehead atoms. The largest absolute Gasteiger partial charge is 0.396 e. The van der Waals surface area contributed by atoms with E-state index in [1.807, 2.05) is 13.1 Å². The fourth-order valence-electron chi connectivity index (χ4n) is 1.76. The molecule has 1 unspecified atom stereocenters. The molecule has 0 aromatic heterocycles. The van der Waals surface area contributed by atoms with Crippen molar-refractivity contribution in [2.24, 2.45) is 5.92 Å². The summed E-state index contributed by atoms with van der Waals surface area (Å²) >= 11 is 0. The average Bonchev–Trinajstić information content (AvgIpc) is 2.35. The number of rotatable bonds is 10. The number of aliphatic hydroxyl groups is 1. The van der Waals surface area contributed by atoms with E-state index < -0.39 is 0 Å². The third kappa shape index (κ3) is 9.09. The van der Waals surface area contributed by atoms with E-state index in [1.54, 1.807) is 0 Å². The molecule has 0 saturated heterocycles. The first-order chi connectivity index (χ1) is 8.61. The van der Waals surface area contributed by atoms with E-state index in [0.29, 0.717) is 0 Å². The predicted octanol–water partition coefficient (Wildman–Crippen LogP) is 3.74. The van der Waals surface area contributed by atoms with Crippen LogP contribution >= 0.6 is 0 Å². The SMILES string of the molecule is C=C(CC=C=CCC(C)CCC)N(C)CCCO. The lowest BCUT2D eigenvalue weighted by atomic mass is 10.0. The Morgan fingerprint density at radius 2 is 2.17 bits per heavy atom. The number of allylic oxidation sites excluding steroid dienone is 1. The van der Waals surface area contributed by atoms with Gasteiger partial charge in [0.05, 0.1) is 0 Å². The van der Waals surface area contributed by atoms with Crippen LogP contribution in [-0.2, 0) is 0 Å². The molecule has 0 aromatic rings. The van der Waals surface area contributed by atoms with Gasteiger partial charge in [-0.2, -0.15) is 0 Å². The minimum absolute atomic E-state index is 0.239. The summed E-state index contributed by atoms with van der Waals surface area (Å²) in [4.78, 5) is 2.09. The van der Waals surface area contributed by atoms with Crippen molar-refractivity contribution in [1.29, 1.82) is 0 Å². The van der Waals surface area contributed by atoms with Crippen molar-refractivity contribution in [1.82, 2.24) is 4.90 Å². The van der Waals surface area contributed by atoms with Crippen LogP contribution in [0.5, 0.6) is 0 Å². The maximum Gasteiger partial charge on any atom is 0.0447 e. The van der Waals surface area contributed by atoms with E-state index in [4.69, 9.17) is 5.11 Å². The molecule has 0 aliphatic rings. The quantitative estimate of drug-likeness (QED) is 0.598. The molecule has 0 fully saturated rings. The molecule has 1 atom stereocenters. The predicted molar refractivity (Wildman–Crippen MR) is 79.4 cm³/mol. The summed E-state index contributed by atoms with van der Waals surface area (Å²) in [5, 5.41) is 8.76. The first kappa shape index (κ1) is 17.0. The van der Waals surface area contributed by atoms with Crippen molar-refractivity contribution in [3.8, 4) is 0 Å². The molecule has 0 aliphatic carbocycles.